The number of amides is 1. The molecule has 0 bridgehead atoms. The zero-order chi connectivity index (χ0) is 12.8. The second-order valence-electron chi connectivity index (χ2n) is 4.67. The van der Waals surface area contributed by atoms with E-state index in [1.807, 2.05) is 18.2 Å². The average Bonchev–Trinajstić information content (AvgIpc) is 2.60. The maximum absolute atomic E-state index is 11.8. The fourth-order valence-electron chi connectivity index (χ4n) is 2.25. The fourth-order valence-corrected chi connectivity index (χ4v) is 3.57. The molecule has 0 radical (unpaired) electrons. The first kappa shape index (κ1) is 13.8. The molecule has 0 saturated heterocycles. The van der Waals surface area contributed by atoms with E-state index in [0.29, 0.717) is 6.04 Å². The van der Waals surface area contributed by atoms with Crippen LogP contribution in [0.5, 0.6) is 0 Å². The van der Waals surface area contributed by atoms with Gasteiger partial charge in [-0.2, -0.15) is 0 Å². The molecule has 0 unspecified atom stereocenters. The largest absolute Gasteiger partial charge is 0.350 e. The van der Waals surface area contributed by atoms with Crippen LogP contribution in [0.3, 0.4) is 0 Å². The Labute approximate surface area is 121 Å². The molecule has 1 N–H and O–H groups in total. The molecule has 1 aliphatic carbocycles. The summed E-state index contributed by atoms with van der Waals surface area (Å²) in [6, 6.07) is 4.37. The van der Waals surface area contributed by atoms with Crippen molar-refractivity contribution in [2.75, 3.05) is 0 Å². The first-order valence-corrected chi connectivity index (χ1v) is 8.09. The van der Waals surface area contributed by atoms with Gasteiger partial charge >= 0.3 is 0 Å². The Bertz CT molecular complexity index is 419. The SMILES string of the molecule is O=C(/C=C/c1ccc(Br)s1)NC1CCCCCC1. The predicted octanol–water partition coefficient (Wildman–Crippen LogP) is 4.36. The van der Waals surface area contributed by atoms with Gasteiger partial charge in [-0.1, -0.05) is 25.7 Å². The lowest BCUT2D eigenvalue weighted by Crippen LogP contribution is -2.33. The van der Waals surface area contributed by atoms with Crippen LogP contribution in [-0.2, 0) is 4.79 Å². The molecule has 1 aromatic heterocycles. The van der Waals surface area contributed by atoms with Gasteiger partial charge < -0.3 is 5.32 Å². The number of thiophene rings is 1. The van der Waals surface area contributed by atoms with Gasteiger partial charge in [0.2, 0.25) is 5.91 Å². The normalized spacial score (nSPS) is 17.8. The van der Waals surface area contributed by atoms with Crippen molar-refractivity contribution in [3.63, 3.8) is 0 Å². The Balaban J connectivity index is 1.82. The van der Waals surface area contributed by atoms with Crippen molar-refractivity contribution < 1.29 is 4.79 Å². The van der Waals surface area contributed by atoms with Crippen molar-refractivity contribution in [2.45, 2.75) is 44.6 Å². The second kappa shape index (κ2) is 7.10. The zero-order valence-electron chi connectivity index (χ0n) is 10.3. The third kappa shape index (κ3) is 4.58. The predicted molar refractivity (Wildman–Crippen MR) is 80.7 cm³/mol. The van der Waals surface area contributed by atoms with Crippen LogP contribution >= 0.6 is 27.3 Å². The van der Waals surface area contributed by atoms with Crippen molar-refractivity contribution >= 4 is 39.2 Å². The van der Waals surface area contributed by atoms with E-state index in [4.69, 9.17) is 0 Å². The Morgan fingerprint density at radius 3 is 2.61 bits per heavy atom. The minimum absolute atomic E-state index is 0.0337. The molecule has 0 aromatic carbocycles. The molecule has 0 spiro atoms. The summed E-state index contributed by atoms with van der Waals surface area (Å²) in [7, 11) is 0. The average molecular weight is 328 g/mol. The molecule has 0 atom stereocenters. The highest BCUT2D eigenvalue weighted by Gasteiger charge is 2.13. The van der Waals surface area contributed by atoms with Crippen LogP contribution in [0.15, 0.2) is 22.0 Å². The molecule has 0 aliphatic heterocycles. The number of rotatable bonds is 3. The highest BCUT2D eigenvalue weighted by atomic mass is 79.9. The van der Waals surface area contributed by atoms with E-state index in [1.165, 1.54) is 25.7 Å². The minimum atomic E-state index is 0.0337. The molecule has 1 aliphatic rings. The maximum atomic E-state index is 11.8. The summed E-state index contributed by atoms with van der Waals surface area (Å²) in [5.41, 5.74) is 0. The first-order valence-electron chi connectivity index (χ1n) is 6.48. The Hall–Kier alpha value is -0.610. The van der Waals surface area contributed by atoms with Crippen LogP contribution in [0.4, 0.5) is 0 Å². The van der Waals surface area contributed by atoms with Crippen molar-refractivity contribution in [1.29, 1.82) is 0 Å². The lowest BCUT2D eigenvalue weighted by Gasteiger charge is -2.14. The van der Waals surface area contributed by atoms with Gasteiger partial charge in [0.25, 0.3) is 0 Å². The van der Waals surface area contributed by atoms with E-state index in [-0.39, 0.29) is 5.91 Å². The lowest BCUT2D eigenvalue weighted by molar-refractivity contribution is -0.117. The minimum Gasteiger partial charge on any atom is -0.350 e. The maximum Gasteiger partial charge on any atom is 0.244 e. The van der Waals surface area contributed by atoms with Crippen LogP contribution in [-0.4, -0.2) is 11.9 Å². The summed E-state index contributed by atoms with van der Waals surface area (Å²) in [6.07, 6.45) is 10.9. The number of carbonyl (C=O) groups is 1. The standard InChI is InChI=1S/C14H18BrNOS/c15-13-9-7-12(18-13)8-10-14(17)16-11-5-3-1-2-4-6-11/h7-11H,1-6H2,(H,16,17)/b10-8+. The monoisotopic (exact) mass is 327 g/mol. The molecule has 1 saturated carbocycles. The molecular formula is C14H18BrNOS. The molecular weight excluding hydrogens is 310 g/mol. The molecule has 2 rings (SSSR count). The van der Waals surface area contributed by atoms with Crippen molar-refractivity contribution in [3.05, 3.63) is 26.9 Å². The quantitative estimate of drug-likeness (QED) is 0.648. The van der Waals surface area contributed by atoms with E-state index in [1.54, 1.807) is 17.4 Å². The lowest BCUT2D eigenvalue weighted by atomic mass is 10.1. The van der Waals surface area contributed by atoms with Crippen LogP contribution < -0.4 is 5.32 Å². The number of hydrogen-bond donors (Lipinski definition) is 1. The zero-order valence-corrected chi connectivity index (χ0v) is 12.7. The Kier molecular flexibility index (Phi) is 5.45. The van der Waals surface area contributed by atoms with Crippen LogP contribution in [0.25, 0.3) is 6.08 Å². The second-order valence-corrected chi connectivity index (χ2v) is 7.17. The topological polar surface area (TPSA) is 29.1 Å². The summed E-state index contributed by atoms with van der Waals surface area (Å²) >= 11 is 5.04. The van der Waals surface area contributed by atoms with Crippen molar-refractivity contribution in [3.8, 4) is 0 Å². The van der Waals surface area contributed by atoms with Crippen LogP contribution in [0.2, 0.25) is 0 Å². The molecule has 18 heavy (non-hydrogen) atoms. The van der Waals surface area contributed by atoms with E-state index >= 15 is 0 Å². The van der Waals surface area contributed by atoms with Gasteiger partial charge in [-0.15, -0.1) is 11.3 Å². The fraction of sp³-hybridized carbons (Fsp3) is 0.500. The van der Waals surface area contributed by atoms with Gasteiger partial charge in [-0.25, -0.2) is 0 Å². The molecule has 1 aromatic rings. The Morgan fingerprint density at radius 1 is 1.28 bits per heavy atom. The molecule has 1 heterocycles. The van der Waals surface area contributed by atoms with Gasteiger partial charge in [-0.05, 0) is 47.0 Å². The van der Waals surface area contributed by atoms with Gasteiger partial charge in [0, 0.05) is 17.0 Å². The first-order chi connectivity index (χ1) is 8.74. The highest BCUT2D eigenvalue weighted by Crippen LogP contribution is 2.23. The summed E-state index contributed by atoms with van der Waals surface area (Å²) < 4.78 is 1.09. The molecule has 2 nitrogen and oxygen atoms in total. The number of nitrogens with one attached hydrogen (secondary N) is 1. The van der Waals surface area contributed by atoms with E-state index in [2.05, 4.69) is 21.2 Å². The van der Waals surface area contributed by atoms with Gasteiger partial charge in [0.05, 0.1) is 3.79 Å². The molecule has 1 amide bonds. The van der Waals surface area contributed by atoms with Gasteiger partial charge in [-0.3, -0.25) is 4.79 Å². The van der Waals surface area contributed by atoms with Crippen molar-refractivity contribution in [1.82, 2.24) is 5.32 Å². The number of halogens is 1. The molecule has 98 valence electrons. The van der Waals surface area contributed by atoms with Gasteiger partial charge in [0.15, 0.2) is 0 Å². The van der Waals surface area contributed by atoms with E-state index in [0.717, 1.165) is 21.5 Å². The van der Waals surface area contributed by atoms with E-state index in [9.17, 15) is 4.79 Å². The van der Waals surface area contributed by atoms with Crippen LogP contribution in [0.1, 0.15) is 43.4 Å². The third-order valence-corrected chi connectivity index (χ3v) is 4.78. The summed E-state index contributed by atoms with van der Waals surface area (Å²) in [5.74, 6) is 0.0337. The van der Waals surface area contributed by atoms with Crippen LogP contribution in [0, 0.1) is 0 Å². The smallest absolute Gasteiger partial charge is 0.244 e. The summed E-state index contributed by atoms with van der Waals surface area (Å²) in [6.45, 7) is 0. The number of hydrogen-bond acceptors (Lipinski definition) is 2. The summed E-state index contributed by atoms with van der Waals surface area (Å²) in [4.78, 5) is 12.9. The third-order valence-electron chi connectivity index (χ3n) is 3.19. The van der Waals surface area contributed by atoms with Gasteiger partial charge in [0.1, 0.15) is 0 Å². The number of carbonyl (C=O) groups excluding carboxylic acids is 1. The molecule has 1 fully saturated rings. The summed E-state index contributed by atoms with van der Waals surface area (Å²) in [5, 5.41) is 3.10. The molecule has 4 heteroatoms. The van der Waals surface area contributed by atoms with Crippen molar-refractivity contribution in [2.24, 2.45) is 0 Å². The Morgan fingerprint density at radius 2 is 2.00 bits per heavy atom. The highest BCUT2D eigenvalue weighted by molar-refractivity contribution is 9.11. The van der Waals surface area contributed by atoms with E-state index < -0.39 is 0 Å².